The van der Waals surface area contributed by atoms with E-state index in [0.29, 0.717) is 19.5 Å². The lowest BCUT2D eigenvalue weighted by Crippen LogP contribution is -2.36. The van der Waals surface area contributed by atoms with Crippen LogP contribution in [0.4, 0.5) is 0 Å². The van der Waals surface area contributed by atoms with Crippen molar-refractivity contribution in [3.63, 3.8) is 0 Å². The maximum absolute atomic E-state index is 12.7. The molecule has 6 heteroatoms. The molecule has 3 heterocycles. The number of rotatable bonds is 3. The first-order valence-electron chi connectivity index (χ1n) is 8.20. The second-order valence-electron chi connectivity index (χ2n) is 6.38. The fraction of sp³-hybridized carbons (Fsp3) is 0.263. The Bertz CT molecular complexity index is 972. The third-order valence-electron chi connectivity index (χ3n) is 4.72. The Kier molecular flexibility index (Phi) is 3.84. The van der Waals surface area contributed by atoms with E-state index >= 15 is 0 Å². The van der Waals surface area contributed by atoms with Crippen molar-refractivity contribution in [2.75, 3.05) is 6.54 Å². The summed E-state index contributed by atoms with van der Waals surface area (Å²) in [4.78, 5) is 26.6. The lowest BCUT2D eigenvalue weighted by molar-refractivity contribution is -0.137. The van der Waals surface area contributed by atoms with Crippen LogP contribution in [-0.2, 0) is 24.3 Å². The zero-order valence-electron chi connectivity index (χ0n) is 13.9. The molecule has 0 fully saturated rings. The van der Waals surface area contributed by atoms with Crippen LogP contribution in [0.2, 0.25) is 0 Å². The summed E-state index contributed by atoms with van der Waals surface area (Å²) in [5, 5.41) is 12.3. The van der Waals surface area contributed by atoms with Crippen LogP contribution in [0.1, 0.15) is 26.5 Å². The number of aliphatic carboxylic acids is 1. The second kappa shape index (κ2) is 6.04. The van der Waals surface area contributed by atoms with E-state index in [1.165, 1.54) is 11.3 Å². The molecule has 0 bridgehead atoms. The van der Waals surface area contributed by atoms with Crippen LogP contribution in [0.5, 0.6) is 0 Å². The summed E-state index contributed by atoms with van der Waals surface area (Å²) in [5.41, 5.74) is 4.16. The number of nitrogens with zero attached hydrogens (tertiary/aromatic N) is 2. The van der Waals surface area contributed by atoms with Crippen LogP contribution in [-0.4, -0.2) is 33.0 Å². The molecule has 1 aliphatic rings. The number of hydrogen-bond acceptors (Lipinski definition) is 3. The molecule has 25 heavy (non-hydrogen) atoms. The number of carboxylic acid groups (broad SMARTS) is 1. The Balaban J connectivity index is 1.78. The predicted octanol–water partition coefficient (Wildman–Crippen LogP) is 3.29. The second-order valence-corrected chi connectivity index (χ2v) is 7.33. The van der Waals surface area contributed by atoms with Crippen molar-refractivity contribution >= 4 is 34.1 Å². The number of benzene rings is 1. The van der Waals surface area contributed by atoms with E-state index in [0.717, 1.165) is 32.6 Å². The Morgan fingerprint density at radius 3 is 2.84 bits per heavy atom. The predicted molar refractivity (Wildman–Crippen MR) is 97.1 cm³/mol. The Morgan fingerprint density at radius 1 is 1.28 bits per heavy atom. The normalized spacial score (nSPS) is 13.9. The van der Waals surface area contributed by atoms with Crippen LogP contribution in [0.25, 0.3) is 10.9 Å². The van der Waals surface area contributed by atoms with Crippen LogP contribution >= 0.6 is 11.3 Å². The van der Waals surface area contributed by atoms with Gasteiger partial charge in [0, 0.05) is 41.7 Å². The molecule has 0 unspecified atom stereocenters. The van der Waals surface area contributed by atoms with E-state index in [1.54, 1.807) is 0 Å². The molecule has 3 aromatic rings. The number of aryl methyl sites for hydroxylation is 1. The quantitative estimate of drug-likeness (QED) is 0.785. The third-order valence-corrected chi connectivity index (χ3v) is 5.58. The number of carbonyl (C=O) groups is 2. The van der Waals surface area contributed by atoms with E-state index in [-0.39, 0.29) is 12.5 Å². The zero-order chi connectivity index (χ0) is 17.6. The van der Waals surface area contributed by atoms with Crippen LogP contribution in [0.3, 0.4) is 0 Å². The van der Waals surface area contributed by atoms with E-state index in [4.69, 9.17) is 0 Å². The van der Waals surface area contributed by atoms with E-state index < -0.39 is 5.97 Å². The molecule has 1 N–H and O–H groups in total. The van der Waals surface area contributed by atoms with Crippen LogP contribution in [0.15, 0.2) is 35.7 Å². The van der Waals surface area contributed by atoms with Gasteiger partial charge < -0.3 is 14.6 Å². The van der Waals surface area contributed by atoms with Gasteiger partial charge in [0.05, 0.1) is 4.88 Å². The first-order valence-corrected chi connectivity index (χ1v) is 9.07. The van der Waals surface area contributed by atoms with Crippen molar-refractivity contribution < 1.29 is 14.7 Å². The van der Waals surface area contributed by atoms with Gasteiger partial charge in [0.2, 0.25) is 0 Å². The first kappa shape index (κ1) is 15.9. The molecular weight excluding hydrogens is 336 g/mol. The number of fused-ring (bicyclic) bond motifs is 3. The Labute approximate surface area is 149 Å². The number of hydrogen-bond donors (Lipinski definition) is 1. The summed E-state index contributed by atoms with van der Waals surface area (Å²) in [6, 6.07) is 9.84. The molecule has 0 radical (unpaired) electrons. The van der Waals surface area contributed by atoms with Crippen molar-refractivity contribution in [2.24, 2.45) is 0 Å². The van der Waals surface area contributed by atoms with Crippen LogP contribution in [0, 0.1) is 6.92 Å². The molecule has 1 aromatic carbocycles. The van der Waals surface area contributed by atoms with Gasteiger partial charge in [-0.3, -0.25) is 9.59 Å². The topological polar surface area (TPSA) is 62.5 Å². The molecule has 0 aliphatic carbocycles. The Morgan fingerprint density at radius 2 is 2.12 bits per heavy atom. The minimum absolute atomic E-state index is 0.0475. The minimum Gasteiger partial charge on any atom is -0.480 e. The fourth-order valence-electron chi connectivity index (χ4n) is 3.60. The fourth-order valence-corrected chi connectivity index (χ4v) is 4.29. The molecule has 2 aromatic heterocycles. The number of thiophene rings is 1. The summed E-state index contributed by atoms with van der Waals surface area (Å²) >= 11 is 1.45. The summed E-state index contributed by atoms with van der Waals surface area (Å²) in [5.74, 6) is -0.801. The van der Waals surface area contributed by atoms with Crippen LogP contribution < -0.4 is 0 Å². The number of aromatic nitrogens is 1. The molecule has 1 amide bonds. The van der Waals surface area contributed by atoms with E-state index in [1.807, 2.05) is 52.1 Å². The number of carboxylic acids is 1. The highest BCUT2D eigenvalue weighted by atomic mass is 32.1. The summed E-state index contributed by atoms with van der Waals surface area (Å²) in [6.07, 6.45) is 0.674. The molecule has 0 atom stereocenters. The smallest absolute Gasteiger partial charge is 0.323 e. The average Bonchev–Trinajstić information content (AvgIpc) is 3.21. The van der Waals surface area contributed by atoms with Crippen molar-refractivity contribution in [2.45, 2.75) is 26.4 Å². The van der Waals surface area contributed by atoms with Gasteiger partial charge in [-0.15, -0.1) is 11.3 Å². The monoisotopic (exact) mass is 354 g/mol. The van der Waals surface area contributed by atoms with Crippen molar-refractivity contribution in [3.05, 3.63) is 57.4 Å². The molecule has 0 saturated heterocycles. The maximum atomic E-state index is 12.7. The Hall–Kier alpha value is -2.60. The van der Waals surface area contributed by atoms with Gasteiger partial charge in [0.25, 0.3) is 5.91 Å². The van der Waals surface area contributed by atoms with Gasteiger partial charge in [-0.2, -0.15) is 0 Å². The van der Waals surface area contributed by atoms with Gasteiger partial charge >= 0.3 is 5.97 Å². The van der Waals surface area contributed by atoms with Gasteiger partial charge in [0.1, 0.15) is 6.54 Å². The number of amides is 1. The highest BCUT2D eigenvalue weighted by Gasteiger charge is 2.28. The SMILES string of the molecule is Cc1ccc2c3c(n(CC(=O)O)c2c1)CCN(C(=O)c1cccs1)C3. The highest BCUT2D eigenvalue weighted by Crippen LogP contribution is 2.32. The number of carbonyl (C=O) groups excluding carboxylic acids is 1. The molecule has 5 nitrogen and oxygen atoms in total. The zero-order valence-corrected chi connectivity index (χ0v) is 14.7. The molecule has 0 saturated carbocycles. The van der Waals surface area contributed by atoms with Gasteiger partial charge in [-0.25, -0.2) is 0 Å². The lowest BCUT2D eigenvalue weighted by Gasteiger charge is -2.27. The molecule has 1 aliphatic heterocycles. The van der Waals surface area contributed by atoms with E-state index in [2.05, 4.69) is 0 Å². The van der Waals surface area contributed by atoms with Gasteiger partial charge in [-0.1, -0.05) is 18.2 Å². The molecule has 4 rings (SSSR count). The molecular formula is C19H18N2O3S. The average molecular weight is 354 g/mol. The summed E-state index contributed by atoms with van der Waals surface area (Å²) in [6.45, 7) is 3.09. The van der Waals surface area contributed by atoms with Gasteiger partial charge in [0.15, 0.2) is 0 Å². The van der Waals surface area contributed by atoms with Crippen molar-refractivity contribution in [1.82, 2.24) is 9.47 Å². The molecule has 128 valence electrons. The summed E-state index contributed by atoms with van der Waals surface area (Å²) < 4.78 is 1.90. The highest BCUT2D eigenvalue weighted by molar-refractivity contribution is 7.12. The van der Waals surface area contributed by atoms with E-state index in [9.17, 15) is 14.7 Å². The lowest BCUT2D eigenvalue weighted by atomic mass is 10.0. The van der Waals surface area contributed by atoms with Crippen molar-refractivity contribution in [1.29, 1.82) is 0 Å². The minimum atomic E-state index is -0.849. The molecule has 0 spiro atoms. The first-order chi connectivity index (χ1) is 12.0. The maximum Gasteiger partial charge on any atom is 0.323 e. The van der Waals surface area contributed by atoms with Crippen molar-refractivity contribution in [3.8, 4) is 0 Å². The third kappa shape index (κ3) is 2.72. The van der Waals surface area contributed by atoms with Gasteiger partial charge in [-0.05, 0) is 30.0 Å². The standard InChI is InChI=1S/C19H18N2O3S/c1-12-4-5-13-14-10-20(19(24)17-3-2-8-25-17)7-6-15(14)21(11-18(22)23)16(13)9-12/h2-5,8-9H,6-7,10-11H2,1H3,(H,22,23). The summed E-state index contributed by atoms with van der Waals surface area (Å²) in [7, 11) is 0. The largest absolute Gasteiger partial charge is 0.480 e.